The fourth-order valence-electron chi connectivity index (χ4n) is 2.26. The predicted molar refractivity (Wildman–Crippen MR) is 88.9 cm³/mol. The first-order valence-electron chi connectivity index (χ1n) is 6.53. The number of fused-ring (bicyclic) bond motifs is 1. The Kier molecular flexibility index (Phi) is 5.10. The van der Waals surface area contributed by atoms with Gasteiger partial charge in [0.2, 0.25) is 5.43 Å². The maximum Gasteiger partial charge on any atom is 0.338 e. The van der Waals surface area contributed by atoms with Crippen LogP contribution in [0.1, 0.15) is 10.4 Å². The molecule has 6 nitrogen and oxygen atoms in total. The summed E-state index contributed by atoms with van der Waals surface area (Å²) in [6.07, 6.45) is 0. The first-order chi connectivity index (χ1) is 11.0. The quantitative estimate of drug-likeness (QED) is 0.757. The van der Waals surface area contributed by atoms with Crippen LogP contribution in [0.5, 0.6) is 17.2 Å². The third-order valence-electron chi connectivity index (χ3n) is 3.34. The van der Waals surface area contributed by atoms with Crippen molar-refractivity contribution in [3.8, 4) is 17.2 Å². The minimum atomic E-state index is -0.582. The molecule has 0 radical (unpaired) electrons. The summed E-state index contributed by atoms with van der Waals surface area (Å²) in [7, 11) is 5.53. The van der Waals surface area contributed by atoms with Crippen molar-refractivity contribution in [2.75, 3.05) is 28.4 Å². The molecule has 23 heavy (non-hydrogen) atoms. The highest BCUT2D eigenvalue weighted by Crippen LogP contribution is 2.39. The lowest BCUT2D eigenvalue weighted by atomic mass is 10.1. The molecule has 122 valence electrons. The van der Waals surface area contributed by atoms with Gasteiger partial charge in [-0.2, -0.15) is 0 Å². The summed E-state index contributed by atoms with van der Waals surface area (Å²) in [5.74, 6) is 0.0681. The molecule has 0 aliphatic rings. The Labute approximate surface area is 141 Å². The first-order valence-corrected chi connectivity index (χ1v) is 7.32. The topological polar surface area (TPSA) is 71.1 Å². The van der Waals surface area contributed by atoms with Crippen molar-refractivity contribution in [3.63, 3.8) is 0 Å². The molecule has 0 aliphatic carbocycles. The van der Waals surface area contributed by atoms with Crippen LogP contribution >= 0.6 is 15.9 Å². The molecule has 0 saturated heterocycles. The third-order valence-corrected chi connectivity index (χ3v) is 3.99. The number of methoxy groups -OCH3 is 4. The average molecular weight is 383 g/mol. The number of benzene rings is 1. The van der Waals surface area contributed by atoms with E-state index in [9.17, 15) is 9.59 Å². The van der Waals surface area contributed by atoms with E-state index in [0.717, 1.165) is 0 Å². The SMILES string of the molecule is COC(=O)c1cc(OC)c(=O)c2c(OC)c(OC)cc(Br)c2c1. The second-order valence-electron chi connectivity index (χ2n) is 4.52. The van der Waals surface area contributed by atoms with E-state index in [1.807, 2.05) is 0 Å². The lowest BCUT2D eigenvalue weighted by Crippen LogP contribution is -2.05. The monoisotopic (exact) mass is 382 g/mol. The summed E-state index contributed by atoms with van der Waals surface area (Å²) in [5, 5.41) is 0.724. The van der Waals surface area contributed by atoms with Crippen molar-refractivity contribution in [1.29, 1.82) is 0 Å². The molecule has 0 N–H and O–H groups in total. The zero-order chi connectivity index (χ0) is 17.1. The number of halogens is 1. The van der Waals surface area contributed by atoms with Crippen LogP contribution in [0.15, 0.2) is 27.5 Å². The van der Waals surface area contributed by atoms with Gasteiger partial charge in [-0.3, -0.25) is 4.79 Å². The second kappa shape index (κ2) is 6.87. The Balaban J connectivity index is 3.10. The molecule has 2 aromatic rings. The lowest BCUT2D eigenvalue weighted by molar-refractivity contribution is 0.0600. The number of carbonyl (C=O) groups is 1. The van der Waals surface area contributed by atoms with E-state index in [1.54, 1.807) is 6.07 Å². The van der Waals surface area contributed by atoms with Crippen molar-refractivity contribution in [3.05, 3.63) is 38.5 Å². The average Bonchev–Trinajstić information content (AvgIpc) is 2.71. The molecule has 0 amide bonds. The van der Waals surface area contributed by atoms with Crippen LogP contribution in [-0.2, 0) is 4.74 Å². The Morgan fingerprint density at radius 2 is 1.61 bits per heavy atom. The molecule has 0 saturated carbocycles. The van der Waals surface area contributed by atoms with Gasteiger partial charge < -0.3 is 18.9 Å². The van der Waals surface area contributed by atoms with Crippen LogP contribution < -0.4 is 19.6 Å². The van der Waals surface area contributed by atoms with E-state index in [4.69, 9.17) is 18.9 Å². The van der Waals surface area contributed by atoms with Crippen LogP contribution in [0.3, 0.4) is 0 Å². The van der Waals surface area contributed by atoms with E-state index in [-0.39, 0.29) is 22.4 Å². The summed E-state index contributed by atoms with van der Waals surface area (Å²) >= 11 is 3.39. The minimum Gasteiger partial charge on any atom is -0.493 e. The standard InChI is InChI=1S/C16H15BrO6/c1-20-11-6-8(16(19)23-4)5-9-10(17)7-12(21-2)15(22-3)13(9)14(11)18/h5-7H,1-4H3. The number of carbonyl (C=O) groups excluding carboxylic acids is 1. The zero-order valence-electron chi connectivity index (χ0n) is 13.1. The van der Waals surface area contributed by atoms with Crippen LogP contribution in [0.4, 0.5) is 0 Å². The Morgan fingerprint density at radius 3 is 2.13 bits per heavy atom. The van der Waals surface area contributed by atoms with Gasteiger partial charge in [-0.05, 0) is 18.2 Å². The Bertz CT molecular complexity index is 831. The van der Waals surface area contributed by atoms with Gasteiger partial charge in [0.05, 0.1) is 39.4 Å². The molecule has 7 heteroatoms. The molecule has 0 aromatic heterocycles. The second-order valence-corrected chi connectivity index (χ2v) is 5.37. The molecule has 0 aliphatic heterocycles. The van der Waals surface area contributed by atoms with Crippen LogP contribution in [-0.4, -0.2) is 34.4 Å². The van der Waals surface area contributed by atoms with Crippen LogP contribution in [0, 0.1) is 0 Å². The number of ether oxygens (including phenoxy) is 4. The third kappa shape index (κ3) is 2.96. The highest BCUT2D eigenvalue weighted by atomic mass is 79.9. The number of hydrogen-bond acceptors (Lipinski definition) is 6. The summed E-state index contributed by atoms with van der Waals surface area (Å²) in [4.78, 5) is 24.7. The van der Waals surface area contributed by atoms with Crippen LogP contribution in [0.2, 0.25) is 0 Å². The van der Waals surface area contributed by atoms with Crippen molar-refractivity contribution in [1.82, 2.24) is 0 Å². The lowest BCUT2D eigenvalue weighted by Gasteiger charge is -2.10. The molecule has 0 atom stereocenters. The molecule has 0 unspecified atom stereocenters. The highest BCUT2D eigenvalue weighted by molar-refractivity contribution is 9.10. The molecule has 2 aromatic carbocycles. The number of hydrogen-bond donors (Lipinski definition) is 0. The smallest absolute Gasteiger partial charge is 0.338 e. The van der Waals surface area contributed by atoms with Gasteiger partial charge in [0, 0.05) is 9.86 Å². The van der Waals surface area contributed by atoms with E-state index in [0.29, 0.717) is 15.6 Å². The van der Waals surface area contributed by atoms with Crippen molar-refractivity contribution in [2.24, 2.45) is 0 Å². The van der Waals surface area contributed by atoms with Crippen molar-refractivity contribution >= 4 is 32.7 Å². The molecular formula is C16H15BrO6. The Morgan fingerprint density at radius 1 is 0.957 bits per heavy atom. The van der Waals surface area contributed by atoms with Gasteiger partial charge in [0.25, 0.3) is 0 Å². The van der Waals surface area contributed by atoms with Gasteiger partial charge >= 0.3 is 5.97 Å². The normalized spacial score (nSPS) is 10.3. The fraction of sp³-hybridized carbons (Fsp3) is 0.250. The van der Waals surface area contributed by atoms with Gasteiger partial charge in [0.1, 0.15) is 0 Å². The van der Waals surface area contributed by atoms with Crippen molar-refractivity contribution in [2.45, 2.75) is 0 Å². The summed E-state index contributed by atoms with van der Waals surface area (Å²) in [5.41, 5.74) is -0.238. The molecule has 0 fully saturated rings. The van der Waals surface area contributed by atoms with Gasteiger partial charge in [-0.15, -0.1) is 0 Å². The molecule has 2 rings (SSSR count). The van der Waals surface area contributed by atoms with Gasteiger partial charge in [-0.1, -0.05) is 15.9 Å². The molecule has 0 spiro atoms. The number of rotatable bonds is 4. The largest absolute Gasteiger partial charge is 0.493 e. The van der Waals surface area contributed by atoms with E-state index in [1.165, 1.54) is 40.6 Å². The summed E-state index contributed by atoms with van der Waals surface area (Å²) in [6.45, 7) is 0. The summed E-state index contributed by atoms with van der Waals surface area (Å²) in [6, 6.07) is 4.54. The maximum absolute atomic E-state index is 12.8. The predicted octanol–water partition coefficient (Wildman–Crippen LogP) is 2.77. The summed E-state index contributed by atoms with van der Waals surface area (Å²) < 4.78 is 21.0. The van der Waals surface area contributed by atoms with Gasteiger partial charge in [0.15, 0.2) is 17.2 Å². The molecular weight excluding hydrogens is 368 g/mol. The van der Waals surface area contributed by atoms with E-state index in [2.05, 4.69) is 15.9 Å². The molecule has 0 heterocycles. The van der Waals surface area contributed by atoms with Crippen molar-refractivity contribution < 1.29 is 23.7 Å². The van der Waals surface area contributed by atoms with E-state index >= 15 is 0 Å². The first kappa shape index (κ1) is 17.1. The minimum absolute atomic E-state index is 0.00106. The highest BCUT2D eigenvalue weighted by Gasteiger charge is 2.19. The maximum atomic E-state index is 12.8. The fourth-order valence-corrected chi connectivity index (χ4v) is 2.78. The van der Waals surface area contributed by atoms with Crippen LogP contribution in [0.25, 0.3) is 10.8 Å². The Hall–Kier alpha value is -2.28. The van der Waals surface area contributed by atoms with E-state index < -0.39 is 11.4 Å². The number of esters is 1. The van der Waals surface area contributed by atoms with Gasteiger partial charge in [-0.25, -0.2) is 4.79 Å². The molecule has 0 bridgehead atoms. The zero-order valence-corrected chi connectivity index (χ0v) is 14.6.